The van der Waals surface area contributed by atoms with Crippen molar-refractivity contribution >= 4 is 17.8 Å². The molecular formula is C15H25N3O4. The molecule has 0 bridgehead atoms. The summed E-state index contributed by atoms with van der Waals surface area (Å²) in [4.78, 5) is 38.1. The molecule has 2 aliphatic heterocycles. The molecule has 124 valence electrons. The number of amides is 2. The summed E-state index contributed by atoms with van der Waals surface area (Å²) >= 11 is 0. The van der Waals surface area contributed by atoms with Crippen molar-refractivity contribution < 1.29 is 19.1 Å². The van der Waals surface area contributed by atoms with E-state index in [1.165, 1.54) is 0 Å². The number of nitrogens with zero attached hydrogens (tertiary/aromatic N) is 1. The second-order valence-corrected chi connectivity index (χ2v) is 5.81. The quantitative estimate of drug-likeness (QED) is 0.678. The molecule has 2 atom stereocenters. The standard InChI is InChI=1S/C15H25N3O4/c1-2-8-22-13(19)9-12-14(20)17-6-7-18(12)15(21)11-4-3-5-16-10-11/h11-12,16H,2-10H2,1H3,(H,17,20). The van der Waals surface area contributed by atoms with E-state index in [4.69, 9.17) is 4.74 Å². The van der Waals surface area contributed by atoms with Crippen LogP contribution < -0.4 is 10.6 Å². The van der Waals surface area contributed by atoms with Gasteiger partial charge >= 0.3 is 5.97 Å². The third-order valence-corrected chi connectivity index (χ3v) is 4.09. The number of carbonyl (C=O) groups excluding carboxylic acids is 3. The van der Waals surface area contributed by atoms with Crippen molar-refractivity contribution in [3.63, 3.8) is 0 Å². The van der Waals surface area contributed by atoms with Gasteiger partial charge in [-0.15, -0.1) is 0 Å². The fourth-order valence-corrected chi connectivity index (χ4v) is 2.91. The Balaban J connectivity index is 2.00. The first-order chi connectivity index (χ1) is 10.6. The fraction of sp³-hybridized carbons (Fsp3) is 0.800. The molecule has 2 heterocycles. The average molecular weight is 311 g/mol. The molecule has 0 aromatic carbocycles. The summed E-state index contributed by atoms with van der Waals surface area (Å²) in [6.45, 7) is 4.71. The van der Waals surface area contributed by atoms with E-state index < -0.39 is 12.0 Å². The number of ether oxygens (including phenoxy) is 1. The zero-order chi connectivity index (χ0) is 15.9. The Morgan fingerprint density at radius 3 is 2.86 bits per heavy atom. The van der Waals surface area contributed by atoms with Crippen LogP contribution in [0.15, 0.2) is 0 Å². The first-order valence-corrected chi connectivity index (χ1v) is 8.08. The van der Waals surface area contributed by atoms with E-state index in [0.29, 0.717) is 26.2 Å². The summed E-state index contributed by atoms with van der Waals surface area (Å²) in [7, 11) is 0. The molecule has 2 aliphatic rings. The van der Waals surface area contributed by atoms with Crippen LogP contribution in [0.3, 0.4) is 0 Å². The Morgan fingerprint density at radius 2 is 2.18 bits per heavy atom. The molecule has 0 aromatic heterocycles. The van der Waals surface area contributed by atoms with Crippen LogP contribution in [0.5, 0.6) is 0 Å². The predicted molar refractivity (Wildman–Crippen MR) is 80.0 cm³/mol. The first-order valence-electron chi connectivity index (χ1n) is 8.08. The van der Waals surface area contributed by atoms with Crippen LogP contribution >= 0.6 is 0 Å². The molecule has 2 N–H and O–H groups in total. The molecule has 2 fully saturated rings. The topological polar surface area (TPSA) is 87.7 Å². The van der Waals surface area contributed by atoms with Gasteiger partial charge in [0.25, 0.3) is 0 Å². The van der Waals surface area contributed by atoms with E-state index in [1.807, 2.05) is 6.92 Å². The number of esters is 1. The van der Waals surface area contributed by atoms with Crippen molar-refractivity contribution in [2.75, 3.05) is 32.8 Å². The Kier molecular flexibility index (Phi) is 6.18. The Bertz CT molecular complexity index is 421. The summed E-state index contributed by atoms with van der Waals surface area (Å²) in [5.74, 6) is -0.829. The van der Waals surface area contributed by atoms with Crippen molar-refractivity contribution in [1.82, 2.24) is 15.5 Å². The highest BCUT2D eigenvalue weighted by atomic mass is 16.5. The second-order valence-electron chi connectivity index (χ2n) is 5.81. The summed E-state index contributed by atoms with van der Waals surface area (Å²) in [6, 6.07) is -0.743. The van der Waals surface area contributed by atoms with Gasteiger partial charge in [-0.3, -0.25) is 14.4 Å². The lowest BCUT2D eigenvalue weighted by Gasteiger charge is -2.37. The summed E-state index contributed by atoms with van der Waals surface area (Å²) in [6.07, 6.45) is 2.45. The van der Waals surface area contributed by atoms with Gasteiger partial charge in [0.15, 0.2) is 0 Å². The summed E-state index contributed by atoms with van der Waals surface area (Å²) < 4.78 is 5.05. The average Bonchev–Trinajstić information content (AvgIpc) is 2.55. The van der Waals surface area contributed by atoms with Gasteiger partial charge in [0.2, 0.25) is 11.8 Å². The molecule has 2 amide bonds. The lowest BCUT2D eigenvalue weighted by atomic mass is 9.96. The van der Waals surface area contributed by atoms with Crippen LogP contribution in [-0.2, 0) is 19.1 Å². The van der Waals surface area contributed by atoms with Crippen LogP contribution in [0.25, 0.3) is 0 Å². The number of nitrogens with one attached hydrogen (secondary N) is 2. The first kappa shape index (κ1) is 16.7. The largest absolute Gasteiger partial charge is 0.466 e. The van der Waals surface area contributed by atoms with E-state index in [2.05, 4.69) is 10.6 Å². The van der Waals surface area contributed by atoms with E-state index >= 15 is 0 Å². The Labute approximate surface area is 130 Å². The number of hydrogen-bond acceptors (Lipinski definition) is 5. The summed E-state index contributed by atoms with van der Waals surface area (Å²) in [5, 5.41) is 5.93. The molecule has 2 rings (SSSR count). The predicted octanol–water partition coefficient (Wildman–Crippen LogP) is -0.344. The highest BCUT2D eigenvalue weighted by Crippen LogP contribution is 2.18. The minimum atomic E-state index is -0.743. The van der Waals surface area contributed by atoms with Crippen LogP contribution in [0, 0.1) is 5.92 Å². The maximum atomic E-state index is 12.7. The number of piperazine rings is 1. The molecule has 0 aromatic rings. The molecule has 0 saturated carbocycles. The van der Waals surface area contributed by atoms with E-state index in [9.17, 15) is 14.4 Å². The van der Waals surface area contributed by atoms with E-state index in [1.54, 1.807) is 4.90 Å². The van der Waals surface area contributed by atoms with Gasteiger partial charge in [-0.05, 0) is 25.8 Å². The highest BCUT2D eigenvalue weighted by Gasteiger charge is 2.37. The van der Waals surface area contributed by atoms with E-state index in [0.717, 1.165) is 25.8 Å². The van der Waals surface area contributed by atoms with Gasteiger partial charge in [0.05, 0.1) is 18.9 Å². The minimum absolute atomic E-state index is 0.0321. The molecular weight excluding hydrogens is 286 g/mol. The third-order valence-electron chi connectivity index (χ3n) is 4.09. The van der Waals surface area contributed by atoms with Crippen molar-refractivity contribution in [3.8, 4) is 0 Å². The normalized spacial score (nSPS) is 25.5. The summed E-state index contributed by atoms with van der Waals surface area (Å²) in [5.41, 5.74) is 0. The number of rotatable bonds is 5. The van der Waals surface area contributed by atoms with Gasteiger partial charge in [0.1, 0.15) is 6.04 Å². The SMILES string of the molecule is CCCOC(=O)CC1C(=O)NCCN1C(=O)C1CCCNC1. The van der Waals surface area contributed by atoms with Gasteiger partial charge in [0, 0.05) is 19.6 Å². The zero-order valence-corrected chi connectivity index (χ0v) is 13.1. The van der Waals surface area contributed by atoms with Crippen molar-refractivity contribution in [2.45, 2.75) is 38.6 Å². The van der Waals surface area contributed by atoms with Crippen molar-refractivity contribution in [2.24, 2.45) is 5.92 Å². The molecule has 0 aliphatic carbocycles. The molecule has 2 saturated heterocycles. The maximum Gasteiger partial charge on any atom is 0.308 e. The van der Waals surface area contributed by atoms with Crippen molar-refractivity contribution in [1.29, 1.82) is 0 Å². The maximum absolute atomic E-state index is 12.7. The van der Waals surface area contributed by atoms with Gasteiger partial charge in [-0.25, -0.2) is 0 Å². The van der Waals surface area contributed by atoms with Crippen molar-refractivity contribution in [3.05, 3.63) is 0 Å². The van der Waals surface area contributed by atoms with Gasteiger partial charge in [-0.2, -0.15) is 0 Å². The van der Waals surface area contributed by atoms with Crippen LogP contribution in [-0.4, -0.2) is 61.5 Å². The molecule has 0 radical (unpaired) electrons. The highest BCUT2D eigenvalue weighted by molar-refractivity contribution is 5.92. The second kappa shape index (κ2) is 8.12. The van der Waals surface area contributed by atoms with Gasteiger partial charge < -0.3 is 20.3 Å². The molecule has 7 heteroatoms. The van der Waals surface area contributed by atoms with Crippen LogP contribution in [0.2, 0.25) is 0 Å². The minimum Gasteiger partial charge on any atom is -0.466 e. The fourth-order valence-electron chi connectivity index (χ4n) is 2.91. The smallest absolute Gasteiger partial charge is 0.308 e. The lowest BCUT2D eigenvalue weighted by Crippen LogP contribution is -2.59. The monoisotopic (exact) mass is 311 g/mol. The zero-order valence-electron chi connectivity index (χ0n) is 13.1. The van der Waals surface area contributed by atoms with E-state index in [-0.39, 0.29) is 24.2 Å². The Hall–Kier alpha value is -1.63. The molecule has 7 nitrogen and oxygen atoms in total. The van der Waals surface area contributed by atoms with Crippen LogP contribution in [0.1, 0.15) is 32.6 Å². The molecule has 22 heavy (non-hydrogen) atoms. The lowest BCUT2D eigenvalue weighted by molar-refractivity contribution is -0.153. The third kappa shape index (κ3) is 4.19. The molecule has 0 spiro atoms. The Morgan fingerprint density at radius 1 is 1.36 bits per heavy atom. The number of carbonyl (C=O) groups is 3. The van der Waals surface area contributed by atoms with Crippen LogP contribution in [0.4, 0.5) is 0 Å². The number of piperidine rings is 1. The molecule has 2 unspecified atom stereocenters. The van der Waals surface area contributed by atoms with Gasteiger partial charge in [-0.1, -0.05) is 6.92 Å². The number of hydrogen-bond donors (Lipinski definition) is 2.